The first-order valence-corrected chi connectivity index (χ1v) is 11.9. The summed E-state index contributed by atoms with van der Waals surface area (Å²) in [6.07, 6.45) is 7.11. The summed E-state index contributed by atoms with van der Waals surface area (Å²) >= 11 is 0. The van der Waals surface area contributed by atoms with Crippen molar-refractivity contribution < 1.29 is 26.7 Å². The van der Waals surface area contributed by atoms with Crippen LogP contribution in [0.15, 0.2) is 24.3 Å². The third kappa shape index (κ3) is 5.20. The standard InChI is InChI=1S/C26H31F5O/c1-2-3-4-5-16-6-7-18-13-19(9-8-17(18)12-16)21-14-20-10-11-23(32-26(29,30)31)25(28)24(20)22(27)15-21/h10-11,14-19H,2-9,12-13H2,1H3. The zero-order chi connectivity index (χ0) is 22.9. The Bertz CT molecular complexity index is 938. The first-order valence-electron chi connectivity index (χ1n) is 11.9. The normalized spacial score (nSPS) is 26.2. The van der Waals surface area contributed by atoms with E-state index in [-0.39, 0.29) is 11.3 Å². The second-order valence-corrected chi connectivity index (χ2v) is 9.73. The third-order valence-corrected chi connectivity index (χ3v) is 7.63. The lowest BCUT2D eigenvalue weighted by atomic mass is 9.63. The predicted molar refractivity (Wildman–Crippen MR) is 116 cm³/mol. The molecule has 0 aliphatic heterocycles. The van der Waals surface area contributed by atoms with Crippen LogP contribution in [0.2, 0.25) is 0 Å². The molecular weight excluding hydrogens is 423 g/mol. The van der Waals surface area contributed by atoms with E-state index >= 15 is 0 Å². The topological polar surface area (TPSA) is 9.23 Å². The second kappa shape index (κ2) is 9.56. The molecule has 4 rings (SSSR count). The van der Waals surface area contributed by atoms with Crippen LogP contribution in [0.1, 0.15) is 82.6 Å². The Morgan fingerprint density at radius 1 is 0.938 bits per heavy atom. The molecule has 1 nitrogen and oxygen atoms in total. The van der Waals surface area contributed by atoms with Crippen LogP contribution in [-0.2, 0) is 0 Å². The highest BCUT2D eigenvalue weighted by molar-refractivity contribution is 5.86. The lowest BCUT2D eigenvalue weighted by molar-refractivity contribution is -0.275. The van der Waals surface area contributed by atoms with Crippen molar-refractivity contribution in [3.63, 3.8) is 0 Å². The minimum atomic E-state index is -5.03. The Labute approximate surface area is 186 Å². The van der Waals surface area contributed by atoms with Crippen molar-refractivity contribution in [1.82, 2.24) is 0 Å². The van der Waals surface area contributed by atoms with Gasteiger partial charge in [0.05, 0.1) is 5.39 Å². The van der Waals surface area contributed by atoms with E-state index in [2.05, 4.69) is 11.7 Å². The number of halogens is 5. The summed E-state index contributed by atoms with van der Waals surface area (Å²) in [5.74, 6) is -0.702. The van der Waals surface area contributed by atoms with E-state index in [1.165, 1.54) is 57.1 Å². The Hall–Kier alpha value is -1.85. The molecule has 2 aromatic carbocycles. The van der Waals surface area contributed by atoms with Gasteiger partial charge < -0.3 is 4.74 Å². The van der Waals surface area contributed by atoms with Crippen LogP contribution in [0.5, 0.6) is 5.75 Å². The van der Waals surface area contributed by atoms with Crippen molar-refractivity contribution in [3.8, 4) is 5.75 Å². The smallest absolute Gasteiger partial charge is 0.403 e. The molecule has 6 heteroatoms. The summed E-state index contributed by atoms with van der Waals surface area (Å²) in [5.41, 5.74) is 0.822. The third-order valence-electron chi connectivity index (χ3n) is 7.63. The molecule has 0 aromatic heterocycles. The van der Waals surface area contributed by atoms with Crippen molar-refractivity contribution in [2.75, 3.05) is 0 Å². The number of rotatable bonds is 6. The first-order chi connectivity index (χ1) is 15.2. The lowest BCUT2D eigenvalue weighted by Crippen LogP contribution is -2.30. The van der Waals surface area contributed by atoms with Crippen LogP contribution in [0.3, 0.4) is 0 Å². The van der Waals surface area contributed by atoms with E-state index in [9.17, 15) is 22.0 Å². The summed E-state index contributed by atoms with van der Waals surface area (Å²) in [4.78, 5) is 0. The van der Waals surface area contributed by atoms with Gasteiger partial charge in [-0.1, -0.05) is 51.2 Å². The number of alkyl halides is 3. The molecule has 0 spiro atoms. The molecule has 0 saturated heterocycles. The van der Waals surface area contributed by atoms with Crippen molar-refractivity contribution in [2.24, 2.45) is 17.8 Å². The molecule has 4 unspecified atom stereocenters. The first kappa shape index (κ1) is 23.3. The number of fused-ring (bicyclic) bond motifs is 2. The Morgan fingerprint density at radius 3 is 2.44 bits per heavy atom. The number of hydrogen-bond donors (Lipinski definition) is 0. The quantitative estimate of drug-likeness (QED) is 0.313. The van der Waals surface area contributed by atoms with Gasteiger partial charge in [0, 0.05) is 0 Å². The average Bonchev–Trinajstić information content (AvgIpc) is 2.74. The Kier molecular flexibility index (Phi) is 6.97. The molecule has 32 heavy (non-hydrogen) atoms. The van der Waals surface area contributed by atoms with E-state index < -0.39 is 29.1 Å². The zero-order valence-corrected chi connectivity index (χ0v) is 18.5. The highest BCUT2D eigenvalue weighted by Gasteiger charge is 2.36. The maximum atomic E-state index is 14.8. The van der Waals surface area contributed by atoms with Crippen molar-refractivity contribution in [2.45, 2.75) is 83.4 Å². The van der Waals surface area contributed by atoms with Crippen molar-refractivity contribution in [3.05, 3.63) is 41.5 Å². The fourth-order valence-electron chi connectivity index (χ4n) is 6.05. The minimum absolute atomic E-state index is 0.209. The summed E-state index contributed by atoms with van der Waals surface area (Å²) in [6.45, 7) is 2.23. The zero-order valence-electron chi connectivity index (χ0n) is 18.5. The van der Waals surface area contributed by atoms with Gasteiger partial charge in [0.1, 0.15) is 5.82 Å². The maximum absolute atomic E-state index is 14.8. The molecular formula is C26H31F5O. The largest absolute Gasteiger partial charge is 0.573 e. The van der Waals surface area contributed by atoms with Crippen LogP contribution in [0, 0.1) is 29.4 Å². The van der Waals surface area contributed by atoms with E-state index in [4.69, 9.17) is 0 Å². The van der Waals surface area contributed by atoms with Gasteiger partial charge in [-0.05, 0) is 78.9 Å². The lowest BCUT2D eigenvalue weighted by Gasteiger charge is -2.42. The van der Waals surface area contributed by atoms with E-state index in [1.54, 1.807) is 6.07 Å². The van der Waals surface area contributed by atoms with Gasteiger partial charge in [0.2, 0.25) is 0 Å². The summed E-state index contributed by atoms with van der Waals surface area (Å²) in [7, 11) is 0. The maximum Gasteiger partial charge on any atom is 0.573 e. The van der Waals surface area contributed by atoms with Gasteiger partial charge >= 0.3 is 6.36 Å². The van der Waals surface area contributed by atoms with Crippen LogP contribution in [0.4, 0.5) is 22.0 Å². The molecule has 2 aromatic rings. The molecule has 0 bridgehead atoms. The Morgan fingerprint density at radius 2 is 1.69 bits per heavy atom. The summed E-state index contributed by atoms with van der Waals surface area (Å²) < 4.78 is 70.5. The molecule has 2 saturated carbocycles. The molecule has 2 aliphatic rings. The molecule has 0 heterocycles. The van der Waals surface area contributed by atoms with Gasteiger partial charge in [-0.25, -0.2) is 8.78 Å². The molecule has 4 atom stereocenters. The van der Waals surface area contributed by atoms with E-state index in [0.717, 1.165) is 42.7 Å². The fraction of sp³-hybridized carbons (Fsp3) is 0.615. The monoisotopic (exact) mass is 454 g/mol. The van der Waals surface area contributed by atoms with Crippen molar-refractivity contribution >= 4 is 10.8 Å². The van der Waals surface area contributed by atoms with Gasteiger partial charge in [0.15, 0.2) is 11.6 Å². The van der Waals surface area contributed by atoms with Crippen LogP contribution < -0.4 is 4.74 Å². The second-order valence-electron chi connectivity index (χ2n) is 9.73. The molecule has 2 aliphatic carbocycles. The highest BCUT2D eigenvalue weighted by Crippen LogP contribution is 2.49. The van der Waals surface area contributed by atoms with E-state index in [1.807, 2.05) is 0 Å². The minimum Gasteiger partial charge on any atom is -0.403 e. The van der Waals surface area contributed by atoms with Crippen LogP contribution >= 0.6 is 0 Å². The number of hydrogen-bond acceptors (Lipinski definition) is 1. The summed E-state index contributed by atoms with van der Waals surface area (Å²) in [6, 6.07) is 5.27. The number of ether oxygens (including phenoxy) is 1. The highest BCUT2D eigenvalue weighted by atomic mass is 19.4. The van der Waals surface area contributed by atoms with Gasteiger partial charge in [-0.2, -0.15) is 0 Å². The predicted octanol–water partition coefficient (Wildman–Crippen LogP) is 8.90. The van der Waals surface area contributed by atoms with Crippen LogP contribution in [0.25, 0.3) is 10.8 Å². The SMILES string of the molecule is CCCCCC1CCC2CC(c3cc(F)c4c(F)c(OC(F)(F)F)ccc4c3)CCC2C1. The molecule has 0 amide bonds. The number of benzene rings is 2. The molecule has 0 radical (unpaired) electrons. The Balaban J connectivity index is 1.47. The van der Waals surface area contributed by atoms with Gasteiger partial charge in [0.25, 0.3) is 0 Å². The fourth-order valence-corrected chi connectivity index (χ4v) is 6.05. The van der Waals surface area contributed by atoms with Crippen LogP contribution in [-0.4, -0.2) is 6.36 Å². The van der Waals surface area contributed by atoms with Gasteiger partial charge in [-0.3, -0.25) is 0 Å². The van der Waals surface area contributed by atoms with Crippen molar-refractivity contribution in [1.29, 1.82) is 0 Å². The summed E-state index contributed by atoms with van der Waals surface area (Å²) in [5, 5.41) is -0.175. The average molecular weight is 455 g/mol. The van der Waals surface area contributed by atoms with E-state index in [0.29, 0.717) is 5.92 Å². The van der Waals surface area contributed by atoms with Gasteiger partial charge in [-0.15, -0.1) is 13.2 Å². The molecule has 0 N–H and O–H groups in total. The number of unbranched alkanes of at least 4 members (excludes halogenated alkanes) is 2. The molecule has 2 fully saturated rings. The molecule has 176 valence electrons.